The smallest absolute Gasteiger partial charge is 0.227 e. The maximum Gasteiger partial charge on any atom is 0.227 e. The average molecular weight is 351 g/mol. The summed E-state index contributed by atoms with van der Waals surface area (Å²) in [7, 11) is 0. The number of furan rings is 1. The summed E-state index contributed by atoms with van der Waals surface area (Å²) in [6.45, 7) is 0. The van der Waals surface area contributed by atoms with E-state index in [2.05, 4.69) is 9.97 Å². The number of nitrogens with one attached hydrogen (secondary N) is 1. The van der Waals surface area contributed by atoms with Gasteiger partial charge in [-0.1, -0.05) is 24.3 Å². The summed E-state index contributed by atoms with van der Waals surface area (Å²) in [4.78, 5) is 12.7. The Kier molecular flexibility index (Phi) is 2.82. The van der Waals surface area contributed by atoms with Gasteiger partial charge >= 0.3 is 0 Å². The lowest BCUT2D eigenvalue weighted by molar-refractivity contribution is 0.616. The van der Waals surface area contributed by atoms with Crippen LogP contribution in [0.1, 0.15) is 0 Å². The average Bonchev–Trinajstić information content (AvgIpc) is 3.42. The quantitative estimate of drug-likeness (QED) is 0.429. The summed E-state index contributed by atoms with van der Waals surface area (Å²) in [5.74, 6) is 1.41. The predicted octanol–water partition coefficient (Wildman–Crippen LogP) is 5.78. The normalized spacial score (nSPS) is 11.7. The molecule has 0 fully saturated rings. The van der Waals surface area contributed by atoms with Crippen molar-refractivity contribution in [3.05, 3.63) is 73.0 Å². The zero-order valence-corrected chi connectivity index (χ0v) is 14.1. The molecule has 0 spiro atoms. The standard InChI is InChI=1S/C22H13N3O2/c1-2-4-19-17(3-1)25-22(27-19)15-7-8-16-18(11-15)24-21(23-16)14-6-5-13-9-10-26-20(13)12-14/h1-12H,(H,23,24). The Labute approximate surface area is 153 Å². The van der Waals surface area contributed by atoms with Gasteiger partial charge in [-0.2, -0.15) is 0 Å². The molecule has 5 heteroatoms. The molecule has 0 aliphatic carbocycles. The van der Waals surface area contributed by atoms with Crippen LogP contribution in [0.3, 0.4) is 0 Å². The maximum atomic E-state index is 5.88. The van der Waals surface area contributed by atoms with Crippen molar-refractivity contribution in [2.45, 2.75) is 0 Å². The van der Waals surface area contributed by atoms with Crippen LogP contribution in [0.25, 0.3) is 55.9 Å². The summed E-state index contributed by atoms with van der Waals surface area (Å²) >= 11 is 0. The molecule has 0 bridgehead atoms. The number of oxazole rings is 1. The van der Waals surface area contributed by atoms with Crippen LogP contribution in [-0.4, -0.2) is 15.0 Å². The van der Waals surface area contributed by atoms with Gasteiger partial charge in [0.15, 0.2) is 5.58 Å². The summed E-state index contributed by atoms with van der Waals surface area (Å²) in [5, 5.41) is 1.08. The fourth-order valence-corrected chi connectivity index (χ4v) is 3.38. The van der Waals surface area contributed by atoms with Gasteiger partial charge in [0, 0.05) is 16.5 Å². The number of benzene rings is 3. The van der Waals surface area contributed by atoms with Crippen molar-refractivity contribution in [1.29, 1.82) is 0 Å². The summed E-state index contributed by atoms with van der Waals surface area (Å²) < 4.78 is 11.4. The van der Waals surface area contributed by atoms with Crippen LogP contribution in [0.15, 0.2) is 81.8 Å². The van der Waals surface area contributed by atoms with Crippen LogP contribution >= 0.6 is 0 Å². The number of H-pyrrole nitrogens is 1. The molecule has 0 saturated heterocycles. The van der Waals surface area contributed by atoms with Crippen LogP contribution in [0.4, 0.5) is 0 Å². The molecule has 5 nitrogen and oxygen atoms in total. The first-order valence-corrected chi connectivity index (χ1v) is 8.67. The summed E-state index contributed by atoms with van der Waals surface area (Å²) in [6, 6.07) is 21.7. The molecular formula is C22H13N3O2. The first-order chi connectivity index (χ1) is 13.3. The summed E-state index contributed by atoms with van der Waals surface area (Å²) in [6.07, 6.45) is 1.69. The minimum Gasteiger partial charge on any atom is -0.464 e. The van der Waals surface area contributed by atoms with E-state index in [1.165, 1.54) is 0 Å². The Morgan fingerprint density at radius 3 is 2.63 bits per heavy atom. The van der Waals surface area contributed by atoms with Gasteiger partial charge in [-0.25, -0.2) is 9.97 Å². The third-order valence-electron chi connectivity index (χ3n) is 4.75. The van der Waals surface area contributed by atoms with Gasteiger partial charge in [-0.05, 0) is 42.5 Å². The predicted molar refractivity (Wildman–Crippen MR) is 104 cm³/mol. The number of nitrogens with zero attached hydrogens (tertiary/aromatic N) is 2. The van der Waals surface area contributed by atoms with Gasteiger partial charge in [-0.15, -0.1) is 0 Å². The number of aromatic amines is 1. The van der Waals surface area contributed by atoms with Gasteiger partial charge < -0.3 is 13.8 Å². The highest BCUT2D eigenvalue weighted by Gasteiger charge is 2.11. The minimum absolute atomic E-state index is 0.603. The van der Waals surface area contributed by atoms with E-state index in [0.29, 0.717) is 5.89 Å². The first kappa shape index (κ1) is 14.3. The van der Waals surface area contributed by atoms with Crippen molar-refractivity contribution in [3.63, 3.8) is 0 Å². The number of hydrogen-bond donors (Lipinski definition) is 1. The molecule has 0 aliphatic heterocycles. The monoisotopic (exact) mass is 351 g/mol. The molecule has 0 atom stereocenters. The van der Waals surface area contributed by atoms with E-state index in [1.54, 1.807) is 6.26 Å². The van der Waals surface area contributed by atoms with Gasteiger partial charge in [0.2, 0.25) is 5.89 Å². The molecule has 0 radical (unpaired) electrons. The van der Waals surface area contributed by atoms with E-state index >= 15 is 0 Å². The van der Waals surface area contributed by atoms with E-state index < -0.39 is 0 Å². The van der Waals surface area contributed by atoms with Crippen molar-refractivity contribution < 1.29 is 8.83 Å². The molecule has 6 aromatic rings. The van der Waals surface area contributed by atoms with E-state index in [9.17, 15) is 0 Å². The van der Waals surface area contributed by atoms with Gasteiger partial charge in [0.05, 0.1) is 17.3 Å². The lowest BCUT2D eigenvalue weighted by atomic mass is 10.1. The molecule has 0 unspecified atom stereocenters. The lowest BCUT2D eigenvalue weighted by Crippen LogP contribution is -1.79. The Morgan fingerprint density at radius 2 is 1.67 bits per heavy atom. The zero-order chi connectivity index (χ0) is 17.8. The van der Waals surface area contributed by atoms with Crippen molar-refractivity contribution in [3.8, 4) is 22.8 Å². The topological polar surface area (TPSA) is 67.8 Å². The molecule has 0 aliphatic rings. The molecule has 27 heavy (non-hydrogen) atoms. The Balaban J connectivity index is 1.46. The Hall–Kier alpha value is -3.86. The van der Waals surface area contributed by atoms with E-state index in [0.717, 1.165) is 50.1 Å². The minimum atomic E-state index is 0.603. The van der Waals surface area contributed by atoms with E-state index in [1.807, 2.05) is 66.7 Å². The molecule has 0 amide bonds. The second-order valence-electron chi connectivity index (χ2n) is 6.48. The maximum absolute atomic E-state index is 5.88. The number of hydrogen-bond acceptors (Lipinski definition) is 4. The molecule has 6 rings (SSSR count). The van der Waals surface area contributed by atoms with Crippen molar-refractivity contribution in [2.75, 3.05) is 0 Å². The number of para-hydroxylation sites is 2. The molecule has 1 N–H and O–H groups in total. The SMILES string of the molecule is c1ccc2oc(-c3ccc4nc(-c5ccc6ccoc6c5)[nH]c4c3)nc2c1. The molecule has 3 aromatic carbocycles. The van der Waals surface area contributed by atoms with Gasteiger partial charge in [0.1, 0.15) is 16.9 Å². The van der Waals surface area contributed by atoms with Crippen LogP contribution in [0.5, 0.6) is 0 Å². The fraction of sp³-hybridized carbons (Fsp3) is 0. The lowest BCUT2D eigenvalue weighted by Gasteiger charge is -1.96. The highest BCUT2D eigenvalue weighted by molar-refractivity contribution is 5.87. The largest absolute Gasteiger partial charge is 0.464 e. The van der Waals surface area contributed by atoms with Gasteiger partial charge in [-0.3, -0.25) is 0 Å². The molecule has 0 saturated carbocycles. The van der Waals surface area contributed by atoms with Crippen LogP contribution in [0.2, 0.25) is 0 Å². The third-order valence-corrected chi connectivity index (χ3v) is 4.75. The van der Waals surface area contributed by atoms with E-state index in [4.69, 9.17) is 13.8 Å². The van der Waals surface area contributed by atoms with Crippen molar-refractivity contribution in [2.24, 2.45) is 0 Å². The molecular weight excluding hydrogens is 338 g/mol. The Bertz CT molecular complexity index is 1410. The molecule has 3 heterocycles. The number of imidazole rings is 1. The van der Waals surface area contributed by atoms with Gasteiger partial charge in [0.25, 0.3) is 0 Å². The van der Waals surface area contributed by atoms with E-state index in [-0.39, 0.29) is 0 Å². The number of fused-ring (bicyclic) bond motifs is 3. The zero-order valence-electron chi connectivity index (χ0n) is 14.1. The first-order valence-electron chi connectivity index (χ1n) is 8.67. The highest BCUT2D eigenvalue weighted by atomic mass is 16.3. The van der Waals surface area contributed by atoms with Crippen molar-refractivity contribution >= 4 is 33.1 Å². The fourth-order valence-electron chi connectivity index (χ4n) is 3.38. The highest BCUT2D eigenvalue weighted by Crippen LogP contribution is 2.29. The number of rotatable bonds is 2. The second kappa shape index (κ2) is 5.32. The van der Waals surface area contributed by atoms with Crippen molar-refractivity contribution in [1.82, 2.24) is 15.0 Å². The number of aromatic nitrogens is 3. The Morgan fingerprint density at radius 1 is 0.741 bits per heavy atom. The van der Waals surface area contributed by atoms with Crippen LogP contribution in [-0.2, 0) is 0 Å². The molecule has 128 valence electrons. The third kappa shape index (κ3) is 2.25. The van der Waals surface area contributed by atoms with Crippen LogP contribution < -0.4 is 0 Å². The van der Waals surface area contributed by atoms with Crippen LogP contribution in [0, 0.1) is 0 Å². The second-order valence-corrected chi connectivity index (χ2v) is 6.48. The molecule has 3 aromatic heterocycles. The summed E-state index contributed by atoms with van der Waals surface area (Å²) in [5.41, 5.74) is 6.20.